The Morgan fingerprint density at radius 2 is 2.03 bits per heavy atom. The molecule has 0 bridgehead atoms. The number of ether oxygens (including phenoxy) is 3. The highest BCUT2D eigenvalue weighted by Crippen LogP contribution is 2.37. The monoisotopic (exact) mass is 500 g/mol. The van der Waals surface area contributed by atoms with Gasteiger partial charge in [0.15, 0.2) is 11.5 Å². The third-order valence-corrected chi connectivity index (χ3v) is 6.21. The summed E-state index contributed by atoms with van der Waals surface area (Å²) >= 11 is 5.93. The fourth-order valence-electron chi connectivity index (χ4n) is 3.96. The van der Waals surface area contributed by atoms with Crippen molar-refractivity contribution in [1.82, 2.24) is 14.9 Å². The van der Waals surface area contributed by atoms with E-state index in [0.717, 1.165) is 5.39 Å². The Balaban J connectivity index is 1.38. The van der Waals surface area contributed by atoms with Gasteiger partial charge in [-0.2, -0.15) is 0 Å². The van der Waals surface area contributed by atoms with E-state index in [-0.39, 0.29) is 23.6 Å². The third kappa shape index (κ3) is 5.91. The Kier molecular flexibility index (Phi) is 6.88. The first kappa shape index (κ1) is 23.6. The molecule has 1 saturated heterocycles. The van der Waals surface area contributed by atoms with Crippen LogP contribution in [-0.2, 0) is 9.53 Å². The van der Waals surface area contributed by atoms with Crippen LogP contribution < -0.4 is 14.8 Å². The number of fused-ring (bicyclic) bond motifs is 1. The van der Waals surface area contributed by atoms with Gasteiger partial charge in [-0.1, -0.05) is 11.6 Å². The van der Waals surface area contributed by atoms with Gasteiger partial charge in [-0.15, -0.1) is 0 Å². The average molecular weight is 501 g/mol. The molecule has 0 spiro atoms. The summed E-state index contributed by atoms with van der Waals surface area (Å²) < 4.78 is 31.0. The van der Waals surface area contributed by atoms with Gasteiger partial charge in [0.2, 0.25) is 0 Å². The van der Waals surface area contributed by atoms with Crippen molar-refractivity contribution in [1.29, 1.82) is 0 Å². The standard InChI is InChI=1S/C25H26ClFN4O4/c1-15-11-31(12-24(32)35-15)6-7-33-22-9-18-21(10-23(22)34-13-16-2-3-16)28-14-29-25(18)30-17-4-5-20(27)19(26)8-17/h4-5,8-10,14-16H,2-3,6-7,11-13H2,1H3,(H,28,29,30). The molecule has 5 rings (SSSR count). The molecule has 10 heteroatoms. The summed E-state index contributed by atoms with van der Waals surface area (Å²) in [6, 6.07) is 8.07. The maximum absolute atomic E-state index is 13.6. The molecule has 0 radical (unpaired) electrons. The number of anilines is 2. The predicted octanol–water partition coefficient (Wildman–Crippen LogP) is 4.58. The molecule has 8 nitrogen and oxygen atoms in total. The number of cyclic esters (lactones) is 1. The molecule has 1 aliphatic carbocycles. The van der Waals surface area contributed by atoms with Crippen molar-refractivity contribution < 1.29 is 23.4 Å². The maximum Gasteiger partial charge on any atom is 0.320 e. The average Bonchev–Trinajstić information content (AvgIpc) is 3.64. The minimum atomic E-state index is -0.491. The number of benzene rings is 2. The van der Waals surface area contributed by atoms with Crippen LogP contribution in [0, 0.1) is 11.7 Å². The number of carbonyl (C=O) groups excluding carboxylic acids is 1. The van der Waals surface area contributed by atoms with Crippen molar-refractivity contribution in [3.8, 4) is 11.5 Å². The van der Waals surface area contributed by atoms with Gasteiger partial charge in [0, 0.05) is 30.2 Å². The first-order valence-electron chi connectivity index (χ1n) is 11.6. The highest BCUT2D eigenvalue weighted by Gasteiger charge is 2.25. The van der Waals surface area contributed by atoms with Crippen LogP contribution in [0.2, 0.25) is 5.02 Å². The molecule has 35 heavy (non-hydrogen) atoms. The first-order chi connectivity index (χ1) is 16.9. The molecule has 2 heterocycles. The van der Waals surface area contributed by atoms with Crippen molar-refractivity contribution in [2.75, 3.05) is 38.2 Å². The van der Waals surface area contributed by atoms with Crippen LogP contribution in [0.5, 0.6) is 11.5 Å². The van der Waals surface area contributed by atoms with E-state index in [0.29, 0.717) is 60.7 Å². The van der Waals surface area contributed by atoms with Crippen LogP contribution in [-0.4, -0.2) is 59.8 Å². The van der Waals surface area contributed by atoms with E-state index in [1.807, 2.05) is 24.0 Å². The second-order valence-electron chi connectivity index (χ2n) is 8.93. The van der Waals surface area contributed by atoms with Gasteiger partial charge >= 0.3 is 5.97 Å². The lowest BCUT2D eigenvalue weighted by molar-refractivity contribution is -0.157. The Hall–Kier alpha value is -3.17. The first-order valence-corrected chi connectivity index (χ1v) is 12.0. The lowest BCUT2D eigenvalue weighted by Gasteiger charge is -2.30. The molecule has 1 atom stereocenters. The van der Waals surface area contributed by atoms with Crippen LogP contribution in [0.1, 0.15) is 19.8 Å². The topological polar surface area (TPSA) is 85.8 Å². The summed E-state index contributed by atoms with van der Waals surface area (Å²) in [5, 5.41) is 3.92. The lowest BCUT2D eigenvalue weighted by atomic mass is 10.2. The van der Waals surface area contributed by atoms with Gasteiger partial charge in [-0.25, -0.2) is 14.4 Å². The SMILES string of the molecule is CC1CN(CCOc2cc3c(Nc4ccc(F)c(Cl)c4)ncnc3cc2OCC2CC2)CC(=O)O1. The summed E-state index contributed by atoms with van der Waals surface area (Å²) in [6.07, 6.45) is 3.66. The lowest BCUT2D eigenvalue weighted by Crippen LogP contribution is -2.45. The molecule has 3 aromatic rings. The van der Waals surface area contributed by atoms with Crippen LogP contribution in [0.3, 0.4) is 0 Å². The van der Waals surface area contributed by atoms with Crippen LogP contribution in [0.15, 0.2) is 36.7 Å². The van der Waals surface area contributed by atoms with Crippen LogP contribution in [0.4, 0.5) is 15.9 Å². The minimum absolute atomic E-state index is 0.0176. The second-order valence-corrected chi connectivity index (χ2v) is 9.34. The highest BCUT2D eigenvalue weighted by atomic mass is 35.5. The number of carbonyl (C=O) groups is 1. The zero-order chi connectivity index (χ0) is 24.4. The largest absolute Gasteiger partial charge is 0.489 e. The number of hydrogen-bond acceptors (Lipinski definition) is 8. The normalized spacial score (nSPS) is 18.4. The van der Waals surface area contributed by atoms with E-state index in [2.05, 4.69) is 15.3 Å². The van der Waals surface area contributed by atoms with E-state index in [4.69, 9.17) is 25.8 Å². The number of esters is 1. The van der Waals surface area contributed by atoms with Gasteiger partial charge in [0.25, 0.3) is 0 Å². The Labute approximate surface area is 207 Å². The van der Waals surface area contributed by atoms with Gasteiger partial charge in [0.05, 0.1) is 23.7 Å². The second kappa shape index (κ2) is 10.2. The van der Waals surface area contributed by atoms with Gasteiger partial charge in [-0.3, -0.25) is 9.69 Å². The Morgan fingerprint density at radius 1 is 1.20 bits per heavy atom. The number of rotatable bonds is 9. The number of aromatic nitrogens is 2. The molecule has 2 aliphatic rings. The third-order valence-electron chi connectivity index (χ3n) is 5.92. The van der Waals surface area contributed by atoms with E-state index in [1.165, 1.54) is 31.3 Å². The smallest absolute Gasteiger partial charge is 0.320 e. The maximum atomic E-state index is 13.6. The summed E-state index contributed by atoms with van der Waals surface area (Å²) in [7, 11) is 0. The van der Waals surface area contributed by atoms with Crippen molar-refractivity contribution in [2.45, 2.75) is 25.9 Å². The van der Waals surface area contributed by atoms with E-state index >= 15 is 0 Å². The number of morpholine rings is 1. The number of hydrogen-bond donors (Lipinski definition) is 1. The number of nitrogens with zero attached hydrogens (tertiary/aromatic N) is 3. The van der Waals surface area contributed by atoms with Crippen LogP contribution >= 0.6 is 11.6 Å². The number of halogens is 2. The van der Waals surface area contributed by atoms with Gasteiger partial charge in [-0.05, 0) is 49.9 Å². The molecule has 0 amide bonds. The zero-order valence-electron chi connectivity index (χ0n) is 19.3. The Bertz CT molecular complexity index is 1240. The van der Waals surface area contributed by atoms with Crippen molar-refractivity contribution in [3.63, 3.8) is 0 Å². The van der Waals surface area contributed by atoms with Crippen molar-refractivity contribution >= 4 is 40.0 Å². The summed E-state index contributed by atoms with van der Waals surface area (Å²) in [4.78, 5) is 22.5. The zero-order valence-corrected chi connectivity index (χ0v) is 20.1. The molecule has 1 aliphatic heterocycles. The van der Waals surface area contributed by atoms with E-state index < -0.39 is 5.82 Å². The fourth-order valence-corrected chi connectivity index (χ4v) is 4.14. The molecule has 184 valence electrons. The Morgan fingerprint density at radius 3 is 2.80 bits per heavy atom. The molecule has 1 aromatic heterocycles. The van der Waals surface area contributed by atoms with E-state index in [1.54, 1.807) is 6.07 Å². The summed E-state index contributed by atoms with van der Waals surface area (Å²) in [6.45, 7) is 4.36. The van der Waals surface area contributed by atoms with Crippen molar-refractivity contribution in [3.05, 3.63) is 47.5 Å². The van der Waals surface area contributed by atoms with Crippen LogP contribution in [0.25, 0.3) is 10.9 Å². The van der Waals surface area contributed by atoms with Gasteiger partial charge < -0.3 is 19.5 Å². The molecular formula is C25H26ClFN4O4. The molecule has 1 unspecified atom stereocenters. The van der Waals surface area contributed by atoms with Gasteiger partial charge in [0.1, 0.15) is 30.7 Å². The number of nitrogens with one attached hydrogen (secondary N) is 1. The molecule has 2 fully saturated rings. The molecular weight excluding hydrogens is 475 g/mol. The minimum Gasteiger partial charge on any atom is -0.489 e. The molecule has 2 aromatic carbocycles. The molecule has 1 N–H and O–H groups in total. The molecule has 1 saturated carbocycles. The predicted molar refractivity (Wildman–Crippen MR) is 130 cm³/mol. The van der Waals surface area contributed by atoms with E-state index in [9.17, 15) is 9.18 Å². The summed E-state index contributed by atoms with van der Waals surface area (Å²) in [5.41, 5.74) is 1.28. The quantitative estimate of drug-likeness (QED) is 0.427. The summed E-state index contributed by atoms with van der Waals surface area (Å²) in [5.74, 6) is 1.58. The van der Waals surface area contributed by atoms with Crippen molar-refractivity contribution in [2.24, 2.45) is 5.92 Å². The fraction of sp³-hybridized carbons (Fsp3) is 0.400. The highest BCUT2D eigenvalue weighted by molar-refractivity contribution is 6.31.